The molecule has 0 saturated heterocycles. The highest BCUT2D eigenvalue weighted by molar-refractivity contribution is 7.89. The molecule has 3 N–H and O–H groups in total. The lowest BCUT2D eigenvalue weighted by atomic mass is 10.1. The Kier molecular flexibility index (Phi) is 6.55. The van der Waals surface area contributed by atoms with Gasteiger partial charge >= 0.3 is 7.32 Å². The van der Waals surface area contributed by atoms with Gasteiger partial charge in [0.1, 0.15) is 5.75 Å². The highest BCUT2D eigenvalue weighted by atomic mass is 32.2. The monoisotopic (exact) mass is 360 g/mol. The van der Waals surface area contributed by atoms with Gasteiger partial charge in [-0.3, -0.25) is 0 Å². The largest absolute Gasteiger partial charge is 0.707 e. The summed E-state index contributed by atoms with van der Waals surface area (Å²) in [6.45, 7) is 0.257. The number of nitrogens with one attached hydrogen (secondary N) is 1. The molecule has 0 radical (unpaired) electrons. The molecule has 0 heterocycles. The number of hydrogen-bond acceptors (Lipinski definition) is 6. The summed E-state index contributed by atoms with van der Waals surface area (Å²) >= 11 is 0. The Morgan fingerprint density at radius 3 is 2.52 bits per heavy atom. The predicted octanol–water partition coefficient (Wildman–Crippen LogP) is 0.818. The van der Waals surface area contributed by atoms with E-state index >= 15 is 0 Å². The van der Waals surface area contributed by atoms with Gasteiger partial charge in [0.2, 0.25) is 10.0 Å². The highest BCUT2D eigenvalue weighted by Gasteiger charge is 2.14. The maximum atomic E-state index is 12.2. The third-order valence-electron chi connectivity index (χ3n) is 3.37. The van der Waals surface area contributed by atoms with Crippen LogP contribution in [0.5, 0.6) is 5.75 Å². The van der Waals surface area contributed by atoms with Gasteiger partial charge in [-0.05, 0) is 48.7 Å². The first kappa shape index (κ1) is 19.0. The third-order valence-corrected chi connectivity index (χ3v) is 4.83. The fourth-order valence-electron chi connectivity index (χ4n) is 2.17. The Bertz CT molecular complexity index is 848. The van der Waals surface area contributed by atoms with E-state index in [9.17, 15) is 8.42 Å². The van der Waals surface area contributed by atoms with Crippen molar-refractivity contribution >= 4 is 17.3 Å². The molecule has 2 aromatic carbocycles. The minimum Gasteiger partial charge on any atom is -0.512 e. The van der Waals surface area contributed by atoms with Crippen LogP contribution in [0.2, 0.25) is 0 Å². The molecule has 0 aliphatic heterocycles. The van der Waals surface area contributed by atoms with E-state index in [-0.39, 0.29) is 17.0 Å². The highest BCUT2D eigenvalue weighted by Crippen LogP contribution is 2.14. The summed E-state index contributed by atoms with van der Waals surface area (Å²) < 4.78 is 31.6. The number of nitriles is 1. The number of aryl methyl sites for hydroxylation is 1. The molecule has 9 heteroatoms. The fourth-order valence-corrected chi connectivity index (χ4v) is 3.29. The molecule has 0 aromatic heterocycles. The van der Waals surface area contributed by atoms with Gasteiger partial charge in [0.05, 0.1) is 16.5 Å². The number of benzene rings is 2. The van der Waals surface area contributed by atoms with E-state index in [4.69, 9.17) is 20.0 Å². The van der Waals surface area contributed by atoms with Crippen molar-refractivity contribution in [2.24, 2.45) is 0 Å². The summed E-state index contributed by atoms with van der Waals surface area (Å²) in [5.74, 6) is 0.330. The van der Waals surface area contributed by atoms with Gasteiger partial charge in [-0.25, -0.2) is 13.1 Å². The number of sulfonamides is 1. The minimum absolute atomic E-state index is 0.0654. The van der Waals surface area contributed by atoms with Gasteiger partial charge in [0.15, 0.2) is 0 Å². The minimum atomic E-state index is -3.64. The first-order valence-electron chi connectivity index (χ1n) is 7.52. The molecule has 0 aliphatic rings. The molecule has 0 unspecified atom stereocenters. The number of nitrogens with zero attached hydrogens (tertiary/aromatic N) is 1. The number of hydrogen-bond donors (Lipinski definition) is 3. The molecular weight excluding hydrogens is 343 g/mol. The smallest absolute Gasteiger partial charge is 0.512 e. The molecule has 7 nitrogen and oxygen atoms in total. The lowest BCUT2D eigenvalue weighted by Gasteiger charge is -2.08. The average molecular weight is 360 g/mol. The summed E-state index contributed by atoms with van der Waals surface area (Å²) in [5.41, 5.74) is 1.25. The van der Waals surface area contributed by atoms with Crippen molar-refractivity contribution in [1.29, 1.82) is 5.26 Å². The second kappa shape index (κ2) is 8.64. The molecule has 0 fully saturated rings. The van der Waals surface area contributed by atoms with Crippen molar-refractivity contribution in [1.82, 2.24) is 4.72 Å². The first-order valence-corrected chi connectivity index (χ1v) is 9.00. The Hall–Kier alpha value is -2.38. The van der Waals surface area contributed by atoms with E-state index in [0.717, 1.165) is 5.56 Å². The summed E-state index contributed by atoms with van der Waals surface area (Å²) in [4.78, 5) is 0.0654. The van der Waals surface area contributed by atoms with Gasteiger partial charge in [-0.15, -0.1) is 0 Å². The molecule has 2 rings (SSSR count). The fraction of sp³-hybridized carbons (Fsp3) is 0.188. The molecule has 130 valence electrons. The van der Waals surface area contributed by atoms with Crippen molar-refractivity contribution in [3.05, 3.63) is 59.7 Å². The third kappa shape index (κ3) is 5.88. The van der Waals surface area contributed by atoms with E-state index in [1.54, 1.807) is 30.3 Å². The van der Waals surface area contributed by atoms with Crippen molar-refractivity contribution in [3.63, 3.8) is 0 Å². The second-order valence-electron chi connectivity index (χ2n) is 5.23. The Balaban J connectivity index is 1.85. The Labute approximate surface area is 146 Å². The summed E-state index contributed by atoms with van der Waals surface area (Å²) in [5, 5.41) is 26.2. The van der Waals surface area contributed by atoms with Crippen LogP contribution >= 0.6 is 0 Å². The quantitative estimate of drug-likeness (QED) is 0.474. The molecule has 0 atom stereocenters. The zero-order valence-electron chi connectivity index (χ0n) is 13.3. The SMILES string of the molecule is N#Cc1cccc(S(=O)(=O)NCCCc2ccc(OB(O)O)cc2)c1. The topological polar surface area (TPSA) is 120 Å². The normalized spacial score (nSPS) is 10.9. The van der Waals surface area contributed by atoms with Crippen molar-refractivity contribution < 1.29 is 23.1 Å². The van der Waals surface area contributed by atoms with Gasteiger partial charge < -0.3 is 14.7 Å². The van der Waals surface area contributed by atoms with Crippen molar-refractivity contribution in [2.75, 3.05) is 6.54 Å². The van der Waals surface area contributed by atoms with E-state index in [2.05, 4.69) is 4.72 Å². The number of rotatable bonds is 8. The van der Waals surface area contributed by atoms with E-state index in [1.165, 1.54) is 18.2 Å². The van der Waals surface area contributed by atoms with Gasteiger partial charge in [-0.2, -0.15) is 5.26 Å². The van der Waals surface area contributed by atoms with Crippen LogP contribution in [0.1, 0.15) is 17.5 Å². The predicted molar refractivity (Wildman–Crippen MR) is 91.9 cm³/mol. The van der Waals surface area contributed by atoms with Crippen LogP contribution in [0, 0.1) is 11.3 Å². The van der Waals surface area contributed by atoms with Crippen LogP contribution in [0.25, 0.3) is 0 Å². The summed E-state index contributed by atoms with van der Waals surface area (Å²) in [7, 11) is -5.51. The molecule has 0 bridgehead atoms. The van der Waals surface area contributed by atoms with Crippen molar-refractivity contribution in [3.8, 4) is 11.8 Å². The Morgan fingerprint density at radius 1 is 1.16 bits per heavy atom. The summed E-state index contributed by atoms with van der Waals surface area (Å²) in [6.07, 6.45) is 1.22. The second-order valence-corrected chi connectivity index (χ2v) is 7.00. The first-order chi connectivity index (χ1) is 11.9. The molecule has 0 saturated carbocycles. The van der Waals surface area contributed by atoms with E-state index in [1.807, 2.05) is 6.07 Å². The van der Waals surface area contributed by atoms with Crippen LogP contribution in [0.3, 0.4) is 0 Å². The zero-order valence-corrected chi connectivity index (χ0v) is 14.1. The lowest BCUT2D eigenvalue weighted by molar-refractivity contribution is 0.288. The summed E-state index contributed by atoms with van der Waals surface area (Å²) in [6, 6.07) is 14.5. The zero-order chi connectivity index (χ0) is 18.3. The van der Waals surface area contributed by atoms with Crippen LogP contribution < -0.4 is 9.38 Å². The molecule has 0 aliphatic carbocycles. The molecule has 0 amide bonds. The van der Waals surface area contributed by atoms with Gasteiger partial charge in [0, 0.05) is 6.54 Å². The Morgan fingerprint density at radius 2 is 1.88 bits per heavy atom. The van der Waals surface area contributed by atoms with Gasteiger partial charge in [-0.1, -0.05) is 18.2 Å². The standard InChI is InChI=1S/C16H17BN2O5S/c18-12-14-3-1-5-16(11-14)25(22,23)19-10-2-4-13-6-8-15(9-7-13)24-17(20)21/h1,3,5-9,11,19-21H,2,4,10H2. The van der Waals surface area contributed by atoms with E-state index in [0.29, 0.717) is 18.6 Å². The van der Waals surface area contributed by atoms with E-state index < -0.39 is 17.3 Å². The molecular formula is C16H17BN2O5S. The molecule has 2 aromatic rings. The lowest BCUT2D eigenvalue weighted by Crippen LogP contribution is -2.25. The van der Waals surface area contributed by atoms with Gasteiger partial charge in [0.25, 0.3) is 0 Å². The molecule has 0 spiro atoms. The molecule has 25 heavy (non-hydrogen) atoms. The van der Waals surface area contributed by atoms with Crippen molar-refractivity contribution in [2.45, 2.75) is 17.7 Å². The maximum Gasteiger partial charge on any atom is 0.707 e. The van der Waals surface area contributed by atoms with Crippen LogP contribution in [-0.2, 0) is 16.4 Å². The van der Waals surface area contributed by atoms with Crippen LogP contribution in [0.15, 0.2) is 53.4 Å². The van der Waals surface area contributed by atoms with Crippen LogP contribution in [-0.4, -0.2) is 32.3 Å². The average Bonchev–Trinajstić information content (AvgIpc) is 2.60. The van der Waals surface area contributed by atoms with Crippen LogP contribution in [0.4, 0.5) is 0 Å². The maximum absolute atomic E-state index is 12.2.